The summed E-state index contributed by atoms with van der Waals surface area (Å²) in [6.45, 7) is 5.59. The third-order valence-corrected chi connectivity index (χ3v) is 5.29. The van der Waals surface area contributed by atoms with Gasteiger partial charge < -0.3 is 4.74 Å². The van der Waals surface area contributed by atoms with E-state index < -0.39 is 10.2 Å². The van der Waals surface area contributed by atoms with E-state index in [9.17, 15) is 13.2 Å². The van der Waals surface area contributed by atoms with Crippen molar-refractivity contribution in [2.24, 2.45) is 5.92 Å². The highest BCUT2D eigenvalue weighted by Gasteiger charge is 2.38. The maximum atomic E-state index is 12.5. The van der Waals surface area contributed by atoms with Crippen molar-refractivity contribution in [2.45, 2.75) is 33.1 Å². The van der Waals surface area contributed by atoms with Crippen molar-refractivity contribution in [3.63, 3.8) is 0 Å². The Morgan fingerprint density at radius 2 is 1.89 bits per heavy atom. The number of carbonyl (C=O) groups excluding carboxylic acids is 1. The van der Waals surface area contributed by atoms with Gasteiger partial charge in [0.2, 0.25) is 0 Å². The monoisotopic (exact) mass is 292 g/mol. The molecule has 0 aromatic heterocycles. The molecule has 0 N–H and O–H groups in total. The Balaban J connectivity index is 2.75. The van der Waals surface area contributed by atoms with Gasteiger partial charge in [0.25, 0.3) is 10.2 Å². The van der Waals surface area contributed by atoms with E-state index in [1.54, 1.807) is 0 Å². The highest BCUT2D eigenvalue weighted by molar-refractivity contribution is 7.86. The lowest BCUT2D eigenvalue weighted by Crippen LogP contribution is -2.43. The number of hydrogen-bond acceptors (Lipinski definition) is 4. The van der Waals surface area contributed by atoms with Crippen LogP contribution in [0.4, 0.5) is 0 Å². The number of hydrogen-bond donors (Lipinski definition) is 0. The van der Waals surface area contributed by atoms with Crippen LogP contribution in [-0.4, -0.2) is 56.3 Å². The third kappa shape index (κ3) is 3.90. The van der Waals surface area contributed by atoms with E-state index in [-0.39, 0.29) is 18.4 Å². The third-order valence-electron chi connectivity index (χ3n) is 3.28. The molecule has 0 aliphatic carbocycles. The number of methoxy groups -OCH3 is 1. The average molecular weight is 292 g/mol. The van der Waals surface area contributed by atoms with Crippen LogP contribution >= 0.6 is 0 Å². The minimum Gasteiger partial charge on any atom is -0.469 e. The maximum absolute atomic E-state index is 12.5. The molecule has 0 spiro atoms. The lowest BCUT2D eigenvalue weighted by Gasteiger charge is -2.26. The molecule has 0 saturated carbocycles. The first-order valence-corrected chi connectivity index (χ1v) is 8.20. The molecule has 0 bridgehead atoms. The Bertz CT molecular complexity index is 391. The molecule has 1 heterocycles. The molecule has 7 heteroatoms. The summed E-state index contributed by atoms with van der Waals surface area (Å²) in [5.41, 5.74) is 0. The molecule has 112 valence electrons. The molecule has 1 rings (SSSR count). The first kappa shape index (κ1) is 16.4. The second-order valence-electron chi connectivity index (χ2n) is 4.77. The van der Waals surface area contributed by atoms with Crippen LogP contribution in [-0.2, 0) is 19.7 Å². The molecule has 0 radical (unpaired) electrons. The van der Waals surface area contributed by atoms with Gasteiger partial charge in [0.15, 0.2) is 0 Å². The molecule has 0 aromatic carbocycles. The molecule has 1 fully saturated rings. The Morgan fingerprint density at radius 3 is 2.37 bits per heavy atom. The van der Waals surface area contributed by atoms with E-state index in [4.69, 9.17) is 0 Å². The van der Waals surface area contributed by atoms with Crippen molar-refractivity contribution in [1.29, 1.82) is 0 Å². The van der Waals surface area contributed by atoms with Gasteiger partial charge in [-0.2, -0.15) is 17.0 Å². The Morgan fingerprint density at radius 1 is 1.32 bits per heavy atom. The molecule has 1 aliphatic rings. The summed E-state index contributed by atoms with van der Waals surface area (Å²) in [5, 5.41) is 0. The van der Waals surface area contributed by atoms with E-state index in [1.165, 1.54) is 15.7 Å². The zero-order chi connectivity index (χ0) is 14.5. The molecule has 19 heavy (non-hydrogen) atoms. The van der Waals surface area contributed by atoms with Crippen molar-refractivity contribution >= 4 is 16.2 Å². The number of carbonyl (C=O) groups is 1. The van der Waals surface area contributed by atoms with Gasteiger partial charge in [-0.05, 0) is 19.3 Å². The summed E-state index contributed by atoms with van der Waals surface area (Å²) in [5.74, 6) is -0.653. The normalized spacial score (nSPS) is 20.9. The molecule has 1 unspecified atom stereocenters. The summed E-state index contributed by atoms with van der Waals surface area (Å²) in [7, 11) is -2.11. The SMILES string of the molecule is CCCN(CCC)S(=O)(=O)N1CCC(C(=O)OC)C1. The van der Waals surface area contributed by atoms with Crippen molar-refractivity contribution in [3.05, 3.63) is 0 Å². The molecular weight excluding hydrogens is 268 g/mol. The largest absolute Gasteiger partial charge is 0.469 e. The highest BCUT2D eigenvalue weighted by Crippen LogP contribution is 2.22. The number of rotatable bonds is 7. The summed E-state index contributed by atoms with van der Waals surface area (Å²) in [6.07, 6.45) is 2.11. The summed E-state index contributed by atoms with van der Waals surface area (Å²) in [6, 6.07) is 0. The quantitative estimate of drug-likeness (QED) is 0.652. The number of nitrogens with zero attached hydrogens (tertiary/aromatic N) is 2. The average Bonchev–Trinajstić information content (AvgIpc) is 2.87. The van der Waals surface area contributed by atoms with Crippen LogP contribution in [0.5, 0.6) is 0 Å². The lowest BCUT2D eigenvalue weighted by molar-refractivity contribution is -0.144. The molecular formula is C12H24N2O4S. The minimum absolute atomic E-state index is 0.235. The van der Waals surface area contributed by atoms with Crippen LogP contribution in [0.1, 0.15) is 33.1 Å². The van der Waals surface area contributed by atoms with Crippen LogP contribution in [0.2, 0.25) is 0 Å². The van der Waals surface area contributed by atoms with Crippen molar-refractivity contribution in [3.8, 4) is 0 Å². The predicted octanol–water partition coefficient (Wildman–Crippen LogP) is 0.848. The van der Waals surface area contributed by atoms with Crippen LogP contribution < -0.4 is 0 Å². The standard InChI is InChI=1S/C12H24N2O4S/c1-4-7-13(8-5-2)19(16,17)14-9-6-11(10-14)12(15)18-3/h11H,4-10H2,1-3H3. The van der Waals surface area contributed by atoms with Gasteiger partial charge in [-0.1, -0.05) is 13.8 Å². The van der Waals surface area contributed by atoms with Crippen LogP contribution in [0.25, 0.3) is 0 Å². The molecule has 1 saturated heterocycles. The topological polar surface area (TPSA) is 66.9 Å². The van der Waals surface area contributed by atoms with E-state index in [2.05, 4.69) is 4.74 Å². The van der Waals surface area contributed by atoms with Crippen molar-refractivity contribution in [2.75, 3.05) is 33.3 Å². The van der Waals surface area contributed by atoms with Gasteiger partial charge in [-0.15, -0.1) is 0 Å². The number of ether oxygens (including phenoxy) is 1. The molecule has 6 nitrogen and oxygen atoms in total. The van der Waals surface area contributed by atoms with Gasteiger partial charge in [0.05, 0.1) is 13.0 Å². The fourth-order valence-electron chi connectivity index (χ4n) is 2.30. The van der Waals surface area contributed by atoms with E-state index in [0.29, 0.717) is 26.1 Å². The van der Waals surface area contributed by atoms with Gasteiger partial charge in [-0.25, -0.2) is 0 Å². The number of esters is 1. The van der Waals surface area contributed by atoms with Crippen LogP contribution in [0, 0.1) is 5.92 Å². The van der Waals surface area contributed by atoms with Crippen LogP contribution in [0.3, 0.4) is 0 Å². The zero-order valence-electron chi connectivity index (χ0n) is 12.0. The predicted molar refractivity (Wildman–Crippen MR) is 72.8 cm³/mol. The fourth-order valence-corrected chi connectivity index (χ4v) is 4.16. The van der Waals surface area contributed by atoms with Gasteiger partial charge in [0.1, 0.15) is 0 Å². The first-order valence-electron chi connectivity index (χ1n) is 6.80. The van der Waals surface area contributed by atoms with Crippen molar-refractivity contribution < 1.29 is 17.9 Å². The Kier molecular flexibility index (Phi) is 6.22. The van der Waals surface area contributed by atoms with Gasteiger partial charge in [0, 0.05) is 26.2 Å². The Hall–Kier alpha value is -0.660. The lowest BCUT2D eigenvalue weighted by atomic mass is 10.1. The van der Waals surface area contributed by atoms with E-state index in [1.807, 2.05) is 13.8 Å². The second-order valence-corrected chi connectivity index (χ2v) is 6.70. The van der Waals surface area contributed by atoms with Gasteiger partial charge >= 0.3 is 5.97 Å². The molecule has 1 atom stereocenters. The van der Waals surface area contributed by atoms with Gasteiger partial charge in [-0.3, -0.25) is 4.79 Å². The molecule has 1 aliphatic heterocycles. The minimum atomic E-state index is -3.44. The summed E-state index contributed by atoms with van der Waals surface area (Å²) < 4.78 is 32.5. The zero-order valence-corrected chi connectivity index (χ0v) is 12.8. The van der Waals surface area contributed by atoms with Crippen LogP contribution in [0.15, 0.2) is 0 Å². The molecule has 0 amide bonds. The Labute approximate surface area is 115 Å². The van der Waals surface area contributed by atoms with Crippen molar-refractivity contribution in [1.82, 2.24) is 8.61 Å². The molecule has 0 aromatic rings. The fraction of sp³-hybridized carbons (Fsp3) is 0.917. The first-order chi connectivity index (χ1) is 8.97. The highest BCUT2D eigenvalue weighted by atomic mass is 32.2. The van der Waals surface area contributed by atoms with E-state index >= 15 is 0 Å². The summed E-state index contributed by atoms with van der Waals surface area (Å²) in [4.78, 5) is 11.5. The van der Waals surface area contributed by atoms with E-state index in [0.717, 1.165) is 12.8 Å². The smallest absolute Gasteiger partial charge is 0.310 e. The maximum Gasteiger partial charge on any atom is 0.310 e. The summed E-state index contributed by atoms with van der Waals surface area (Å²) >= 11 is 0. The second kappa shape index (κ2) is 7.21.